The number of benzene rings is 1. The summed E-state index contributed by atoms with van der Waals surface area (Å²) >= 11 is 0. The number of carbonyl (C=O) groups is 2. The highest BCUT2D eigenvalue weighted by Gasteiger charge is 2.30. The van der Waals surface area contributed by atoms with Gasteiger partial charge in [0.25, 0.3) is 5.91 Å². The molecule has 0 spiro atoms. The molecular formula is C24H23FN4O3. The Morgan fingerprint density at radius 1 is 1.25 bits per heavy atom. The molecule has 0 saturated carbocycles. The molecule has 1 amide bonds. The Balaban J connectivity index is 1.51. The van der Waals surface area contributed by atoms with E-state index in [0.717, 1.165) is 42.1 Å². The van der Waals surface area contributed by atoms with Crippen LogP contribution in [0.5, 0.6) is 11.6 Å². The van der Waals surface area contributed by atoms with Gasteiger partial charge in [0.1, 0.15) is 29.9 Å². The van der Waals surface area contributed by atoms with E-state index in [0.29, 0.717) is 30.3 Å². The number of aldehydes is 1. The van der Waals surface area contributed by atoms with Crippen LogP contribution < -0.4 is 4.74 Å². The molecule has 4 rings (SSSR count). The maximum absolute atomic E-state index is 13.1. The zero-order valence-electron chi connectivity index (χ0n) is 17.9. The molecule has 1 saturated heterocycles. The van der Waals surface area contributed by atoms with Gasteiger partial charge in [0.2, 0.25) is 5.88 Å². The van der Waals surface area contributed by atoms with Crippen molar-refractivity contribution < 1.29 is 18.7 Å². The summed E-state index contributed by atoms with van der Waals surface area (Å²) in [6, 6.07) is 7.98. The topological polar surface area (TPSA) is 85.3 Å². The molecule has 0 radical (unpaired) electrons. The van der Waals surface area contributed by atoms with E-state index in [1.54, 1.807) is 11.0 Å². The molecule has 7 nitrogen and oxygen atoms in total. The molecule has 8 heteroatoms. The van der Waals surface area contributed by atoms with E-state index >= 15 is 0 Å². The van der Waals surface area contributed by atoms with E-state index in [2.05, 4.69) is 15.0 Å². The number of likely N-dealkylation sites (tertiary alicyclic amines) is 1. The number of hydrogen-bond acceptors (Lipinski definition) is 6. The summed E-state index contributed by atoms with van der Waals surface area (Å²) in [6.45, 7) is 4.91. The molecule has 1 aromatic carbocycles. The quantitative estimate of drug-likeness (QED) is 0.543. The second kappa shape index (κ2) is 9.21. The van der Waals surface area contributed by atoms with Crippen LogP contribution in [0.3, 0.4) is 0 Å². The van der Waals surface area contributed by atoms with Crippen molar-refractivity contribution in [2.45, 2.75) is 32.6 Å². The van der Waals surface area contributed by atoms with E-state index in [9.17, 15) is 14.0 Å². The van der Waals surface area contributed by atoms with E-state index in [4.69, 9.17) is 4.74 Å². The van der Waals surface area contributed by atoms with Crippen molar-refractivity contribution in [1.29, 1.82) is 0 Å². The third-order valence-electron chi connectivity index (χ3n) is 5.74. The number of aryl methyl sites for hydroxylation is 1. The normalized spacial score (nSPS) is 15.6. The van der Waals surface area contributed by atoms with Crippen LogP contribution in [0.4, 0.5) is 4.39 Å². The Labute approximate surface area is 185 Å². The van der Waals surface area contributed by atoms with Crippen LogP contribution >= 0.6 is 0 Å². The summed E-state index contributed by atoms with van der Waals surface area (Å²) in [5, 5.41) is 0. The molecule has 1 aliphatic rings. The number of hydrogen-bond donors (Lipinski definition) is 0. The first kappa shape index (κ1) is 21.5. The molecule has 32 heavy (non-hydrogen) atoms. The lowest BCUT2D eigenvalue weighted by Gasteiger charge is -2.17. The zero-order valence-corrected chi connectivity index (χ0v) is 17.9. The Kier molecular flexibility index (Phi) is 6.20. The summed E-state index contributed by atoms with van der Waals surface area (Å²) in [7, 11) is 0. The number of rotatable bonds is 6. The molecule has 3 aromatic rings. The van der Waals surface area contributed by atoms with E-state index < -0.39 is 5.82 Å². The Hall–Kier alpha value is -3.68. The Morgan fingerprint density at radius 2 is 2.09 bits per heavy atom. The monoisotopic (exact) mass is 434 g/mol. The van der Waals surface area contributed by atoms with Gasteiger partial charge in [0.15, 0.2) is 0 Å². The van der Waals surface area contributed by atoms with Crippen LogP contribution in [0.1, 0.15) is 56.9 Å². The summed E-state index contributed by atoms with van der Waals surface area (Å²) in [6.07, 6.45) is 4.75. The average Bonchev–Trinajstić information content (AvgIpc) is 3.29. The first-order valence-corrected chi connectivity index (χ1v) is 10.5. The number of ether oxygens (including phenoxy) is 1. The van der Waals surface area contributed by atoms with E-state index in [1.165, 1.54) is 18.5 Å². The number of pyridine rings is 1. The fourth-order valence-corrected chi connectivity index (χ4v) is 4.04. The van der Waals surface area contributed by atoms with Gasteiger partial charge >= 0.3 is 0 Å². The molecule has 0 bridgehead atoms. The summed E-state index contributed by atoms with van der Waals surface area (Å²) < 4.78 is 19.0. The molecule has 1 aliphatic heterocycles. The van der Waals surface area contributed by atoms with Crippen LogP contribution in [-0.4, -0.2) is 45.1 Å². The minimum atomic E-state index is -0.484. The van der Waals surface area contributed by atoms with Gasteiger partial charge in [0.05, 0.1) is 6.20 Å². The third kappa shape index (κ3) is 4.34. The van der Waals surface area contributed by atoms with Crippen molar-refractivity contribution in [3.8, 4) is 11.6 Å². The molecule has 2 aromatic heterocycles. The van der Waals surface area contributed by atoms with Crippen molar-refractivity contribution in [3.05, 3.63) is 76.8 Å². The molecule has 1 fully saturated rings. The molecule has 164 valence electrons. The van der Waals surface area contributed by atoms with Crippen molar-refractivity contribution >= 4 is 12.2 Å². The maximum Gasteiger partial charge on any atom is 0.272 e. The average molecular weight is 434 g/mol. The van der Waals surface area contributed by atoms with Crippen LogP contribution in [-0.2, 0) is 6.42 Å². The lowest BCUT2D eigenvalue weighted by Crippen LogP contribution is -2.29. The largest absolute Gasteiger partial charge is 0.439 e. The highest BCUT2D eigenvalue weighted by molar-refractivity contribution is 5.92. The lowest BCUT2D eigenvalue weighted by atomic mass is 9.94. The van der Waals surface area contributed by atoms with Gasteiger partial charge in [-0.05, 0) is 49.6 Å². The number of nitrogens with zero attached hydrogens (tertiary/aromatic N) is 4. The Bertz CT molecular complexity index is 1150. The first-order valence-electron chi connectivity index (χ1n) is 10.5. The van der Waals surface area contributed by atoms with Crippen molar-refractivity contribution in [2.24, 2.45) is 0 Å². The second-order valence-electron chi connectivity index (χ2n) is 7.71. The minimum absolute atomic E-state index is 0.0149. The third-order valence-corrected chi connectivity index (χ3v) is 5.74. The van der Waals surface area contributed by atoms with Crippen LogP contribution in [0.15, 0.2) is 42.9 Å². The number of amides is 1. The number of aromatic nitrogens is 3. The summed E-state index contributed by atoms with van der Waals surface area (Å²) in [5.74, 6) is 0.286. The highest BCUT2D eigenvalue weighted by Crippen LogP contribution is 2.33. The number of carbonyl (C=O) groups excluding carboxylic acids is 2. The van der Waals surface area contributed by atoms with Crippen molar-refractivity contribution in [1.82, 2.24) is 19.9 Å². The van der Waals surface area contributed by atoms with Gasteiger partial charge in [-0.2, -0.15) is 0 Å². The van der Waals surface area contributed by atoms with Crippen molar-refractivity contribution in [2.75, 3.05) is 13.1 Å². The Morgan fingerprint density at radius 3 is 2.81 bits per heavy atom. The molecule has 3 heterocycles. The predicted molar refractivity (Wildman–Crippen MR) is 116 cm³/mol. The van der Waals surface area contributed by atoms with E-state index in [1.807, 2.05) is 26.0 Å². The van der Waals surface area contributed by atoms with Gasteiger partial charge < -0.3 is 9.64 Å². The fourth-order valence-electron chi connectivity index (χ4n) is 4.04. The lowest BCUT2D eigenvalue weighted by molar-refractivity contribution is 0.0785. The van der Waals surface area contributed by atoms with Gasteiger partial charge in [-0.25, -0.2) is 19.3 Å². The predicted octanol–water partition coefficient (Wildman–Crippen LogP) is 4.12. The van der Waals surface area contributed by atoms with Crippen LogP contribution in [0.25, 0.3) is 0 Å². The van der Waals surface area contributed by atoms with Gasteiger partial charge in [0, 0.05) is 35.8 Å². The second-order valence-corrected chi connectivity index (χ2v) is 7.71. The molecule has 1 atom stereocenters. The summed E-state index contributed by atoms with van der Waals surface area (Å²) in [5.41, 5.74) is 3.37. The summed E-state index contributed by atoms with van der Waals surface area (Å²) in [4.78, 5) is 38.5. The zero-order chi connectivity index (χ0) is 22.7. The molecular weight excluding hydrogens is 411 g/mol. The first-order chi connectivity index (χ1) is 15.5. The minimum Gasteiger partial charge on any atom is -0.439 e. The standard InChI is InChI=1S/C24H23FN4O3/c1-3-20-15(2)27-14-28-23(20)32-19-5-6-21(17(10-19)13-30)16-8-9-29(12-16)24(31)22-7-4-18(25)11-26-22/h4-7,10-11,13-14,16H,3,8-9,12H2,1-2H3. The molecule has 1 unspecified atom stereocenters. The van der Waals surface area contributed by atoms with Gasteiger partial charge in [-0.15, -0.1) is 0 Å². The van der Waals surface area contributed by atoms with Gasteiger partial charge in [-0.1, -0.05) is 13.0 Å². The molecule has 0 N–H and O–H groups in total. The van der Waals surface area contributed by atoms with Crippen LogP contribution in [0, 0.1) is 12.7 Å². The van der Waals surface area contributed by atoms with Crippen molar-refractivity contribution in [3.63, 3.8) is 0 Å². The fraction of sp³-hybridized carbons (Fsp3) is 0.292. The molecule has 0 aliphatic carbocycles. The highest BCUT2D eigenvalue weighted by atomic mass is 19.1. The maximum atomic E-state index is 13.1. The SMILES string of the molecule is CCc1c(C)ncnc1Oc1ccc(C2CCN(C(=O)c3ccc(F)cn3)C2)c(C=O)c1. The van der Waals surface area contributed by atoms with Gasteiger partial charge in [-0.3, -0.25) is 9.59 Å². The van der Waals surface area contributed by atoms with Crippen LogP contribution in [0.2, 0.25) is 0 Å². The van der Waals surface area contributed by atoms with E-state index in [-0.39, 0.29) is 17.5 Å². The smallest absolute Gasteiger partial charge is 0.272 e. The number of halogens is 1.